The van der Waals surface area contributed by atoms with E-state index < -0.39 is 0 Å². The largest absolute Gasteiger partial charge is 0.248 e. The van der Waals surface area contributed by atoms with Crippen LogP contribution in [0.25, 0.3) is 22.6 Å². The molecule has 0 unspecified atom stereocenters. The minimum Gasteiger partial charge on any atom is -0.248 e. The fourth-order valence-electron chi connectivity index (χ4n) is 2.91. The molecule has 0 N–H and O–H groups in total. The molecule has 1 aliphatic carbocycles. The summed E-state index contributed by atoms with van der Waals surface area (Å²) in [5.41, 5.74) is 6.27. The number of rotatable bonds is 1. The van der Waals surface area contributed by atoms with Gasteiger partial charge in [-0.1, -0.05) is 48.5 Å². The molecular weight excluding hydrogens is 242 g/mol. The fourth-order valence-corrected chi connectivity index (χ4v) is 2.91. The van der Waals surface area contributed by atoms with E-state index in [-0.39, 0.29) is 0 Å². The summed E-state index contributed by atoms with van der Waals surface area (Å²) in [5.74, 6) is 0. The van der Waals surface area contributed by atoms with Crippen molar-refractivity contribution in [3.63, 3.8) is 0 Å². The highest BCUT2D eigenvalue weighted by Crippen LogP contribution is 2.34. The zero-order chi connectivity index (χ0) is 13.4. The van der Waals surface area contributed by atoms with Crippen LogP contribution in [-0.4, -0.2) is 4.98 Å². The van der Waals surface area contributed by atoms with E-state index in [1.807, 2.05) is 0 Å². The van der Waals surface area contributed by atoms with Crippen LogP contribution in [0.4, 0.5) is 0 Å². The Bertz CT molecular complexity index is 800. The molecule has 1 heteroatoms. The first-order valence-corrected chi connectivity index (χ1v) is 7.05. The Morgan fingerprint density at radius 3 is 2.55 bits per heavy atom. The Morgan fingerprint density at radius 1 is 0.850 bits per heavy atom. The topological polar surface area (TPSA) is 12.9 Å². The summed E-state index contributed by atoms with van der Waals surface area (Å²) < 4.78 is 0. The number of pyridine rings is 1. The number of hydrogen-bond acceptors (Lipinski definition) is 1. The second kappa shape index (κ2) is 4.61. The number of allylic oxidation sites excluding steroid dienone is 1. The molecule has 0 amide bonds. The van der Waals surface area contributed by atoms with Crippen LogP contribution < -0.4 is 0 Å². The van der Waals surface area contributed by atoms with Gasteiger partial charge in [0, 0.05) is 5.39 Å². The molecule has 0 spiro atoms. The van der Waals surface area contributed by atoms with Gasteiger partial charge in [-0.15, -0.1) is 0 Å². The summed E-state index contributed by atoms with van der Waals surface area (Å²) in [6.07, 6.45) is 4.47. The molecular formula is C19H15N. The minimum atomic E-state index is 1.09. The first-order valence-electron chi connectivity index (χ1n) is 7.05. The van der Waals surface area contributed by atoms with Crippen molar-refractivity contribution in [3.05, 3.63) is 77.5 Å². The van der Waals surface area contributed by atoms with Crippen molar-refractivity contribution in [2.75, 3.05) is 0 Å². The van der Waals surface area contributed by atoms with Crippen molar-refractivity contribution in [1.29, 1.82) is 0 Å². The van der Waals surface area contributed by atoms with Gasteiger partial charge < -0.3 is 0 Å². The minimum absolute atomic E-state index is 1.09. The summed E-state index contributed by atoms with van der Waals surface area (Å²) in [6.45, 7) is 0. The van der Waals surface area contributed by atoms with E-state index in [2.05, 4.69) is 66.7 Å². The highest BCUT2D eigenvalue weighted by molar-refractivity contribution is 5.88. The van der Waals surface area contributed by atoms with Crippen molar-refractivity contribution in [3.8, 4) is 0 Å². The highest BCUT2D eigenvalue weighted by Gasteiger charge is 2.18. The molecule has 1 heterocycles. The smallest absolute Gasteiger partial charge is 0.0709 e. The van der Waals surface area contributed by atoms with E-state index in [0.717, 1.165) is 18.4 Å². The van der Waals surface area contributed by atoms with Gasteiger partial charge in [0.25, 0.3) is 0 Å². The first kappa shape index (κ1) is 11.4. The van der Waals surface area contributed by atoms with Gasteiger partial charge in [-0.05, 0) is 47.8 Å². The van der Waals surface area contributed by atoms with Gasteiger partial charge in [-0.3, -0.25) is 0 Å². The molecule has 1 aliphatic rings. The number of aromatic nitrogens is 1. The first-order chi connectivity index (χ1) is 9.90. The molecule has 96 valence electrons. The quantitative estimate of drug-likeness (QED) is 0.614. The van der Waals surface area contributed by atoms with Gasteiger partial charge in [-0.25, -0.2) is 4.98 Å². The second-order valence-electron chi connectivity index (χ2n) is 5.27. The summed E-state index contributed by atoms with van der Waals surface area (Å²) in [4.78, 5) is 4.87. The van der Waals surface area contributed by atoms with Crippen molar-refractivity contribution in [1.82, 2.24) is 4.98 Å². The molecule has 3 aromatic rings. The fraction of sp³-hybridized carbons (Fsp3) is 0.105. The lowest BCUT2D eigenvalue weighted by atomic mass is 10.1. The second-order valence-corrected chi connectivity index (χ2v) is 5.27. The number of benzene rings is 2. The average molecular weight is 257 g/mol. The maximum atomic E-state index is 4.87. The Hall–Kier alpha value is -2.41. The summed E-state index contributed by atoms with van der Waals surface area (Å²) in [7, 11) is 0. The zero-order valence-electron chi connectivity index (χ0n) is 11.2. The van der Waals surface area contributed by atoms with Gasteiger partial charge in [-0.2, -0.15) is 0 Å². The number of para-hydroxylation sites is 1. The Labute approximate surface area is 118 Å². The molecule has 20 heavy (non-hydrogen) atoms. The van der Waals surface area contributed by atoms with E-state index >= 15 is 0 Å². The predicted molar refractivity (Wildman–Crippen MR) is 84.4 cm³/mol. The molecule has 1 aromatic heterocycles. The van der Waals surface area contributed by atoms with Gasteiger partial charge >= 0.3 is 0 Å². The van der Waals surface area contributed by atoms with Crippen LogP contribution in [0.1, 0.15) is 23.2 Å². The number of aryl methyl sites for hydroxylation is 1. The third-order valence-electron chi connectivity index (χ3n) is 3.91. The Balaban J connectivity index is 1.85. The molecule has 4 rings (SSSR count). The Kier molecular flexibility index (Phi) is 2.63. The molecule has 0 radical (unpaired) electrons. The molecule has 0 bridgehead atoms. The summed E-state index contributed by atoms with van der Waals surface area (Å²) in [6, 6.07) is 21.2. The van der Waals surface area contributed by atoms with E-state index in [4.69, 9.17) is 4.98 Å². The lowest BCUT2D eigenvalue weighted by Gasteiger charge is -2.04. The lowest BCUT2D eigenvalue weighted by Crippen LogP contribution is -1.89. The van der Waals surface area contributed by atoms with Gasteiger partial charge in [0.15, 0.2) is 0 Å². The lowest BCUT2D eigenvalue weighted by molar-refractivity contribution is 1.08. The van der Waals surface area contributed by atoms with Gasteiger partial charge in [0.1, 0.15) is 0 Å². The number of nitrogens with zero attached hydrogens (tertiary/aromatic N) is 1. The van der Waals surface area contributed by atoms with Crippen molar-refractivity contribution >= 4 is 22.6 Å². The molecule has 0 saturated carbocycles. The van der Waals surface area contributed by atoms with Crippen LogP contribution in [0, 0.1) is 0 Å². The number of fused-ring (bicyclic) bond motifs is 2. The molecule has 1 nitrogen and oxygen atoms in total. The maximum Gasteiger partial charge on any atom is 0.0709 e. The standard InChI is InChI=1S/C19H15N/c1-2-6-14(7-3-1)12-16-10-11-17-13-15-8-4-5-9-18(15)20-19(16)17/h1-9,12-13H,10-11H2/b16-12-. The van der Waals surface area contributed by atoms with E-state index in [0.29, 0.717) is 0 Å². The average Bonchev–Trinajstić information content (AvgIpc) is 2.88. The molecule has 2 aromatic carbocycles. The third kappa shape index (κ3) is 1.92. The highest BCUT2D eigenvalue weighted by atomic mass is 14.7. The summed E-state index contributed by atoms with van der Waals surface area (Å²) >= 11 is 0. The van der Waals surface area contributed by atoms with E-state index in [1.54, 1.807) is 0 Å². The van der Waals surface area contributed by atoms with Crippen molar-refractivity contribution in [2.45, 2.75) is 12.8 Å². The normalized spacial score (nSPS) is 15.7. The van der Waals surface area contributed by atoms with E-state index in [9.17, 15) is 0 Å². The molecule has 0 atom stereocenters. The Morgan fingerprint density at radius 2 is 1.65 bits per heavy atom. The van der Waals surface area contributed by atoms with Crippen LogP contribution in [0.2, 0.25) is 0 Å². The maximum absolute atomic E-state index is 4.87. The van der Waals surface area contributed by atoms with Gasteiger partial charge in [0.05, 0.1) is 11.2 Å². The monoisotopic (exact) mass is 257 g/mol. The van der Waals surface area contributed by atoms with Crippen LogP contribution in [-0.2, 0) is 6.42 Å². The summed E-state index contributed by atoms with van der Waals surface area (Å²) in [5, 5.41) is 1.24. The van der Waals surface area contributed by atoms with Crippen LogP contribution in [0.5, 0.6) is 0 Å². The van der Waals surface area contributed by atoms with Crippen molar-refractivity contribution in [2.24, 2.45) is 0 Å². The third-order valence-corrected chi connectivity index (χ3v) is 3.91. The zero-order valence-corrected chi connectivity index (χ0v) is 11.2. The molecule has 0 aliphatic heterocycles. The molecule has 0 fully saturated rings. The van der Waals surface area contributed by atoms with Crippen LogP contribution in [0.3, 0.4) is 0 Å². The van der Waals surface area contributed by atoms with Crippen LogP contribution >= 0.6 is 0 Å². The van der Waals surface area contributed by atoms with Crippen molar-refractivity contribution < 1.29 is 0 Å². The van der Waals surface area contributed by atoms with Crippen LogP contribution in [0.15, 0.2) is 60.7 Å². The van der Waals surface area contributed by atoms with E-state index in [1.165, 1.54) is 27.8 Å². The SMILES string of the molecule is C(=C1\CCc2cc3ccccc3nc21)/c1ccccc1. The molecule has 0 saturated heterocycles. The number of hydrogen-bond donors (Lipinski definition) is 0. The predicted octanol–water partition coefficient (Wildman–Crippen LogP) is 4.72. The van der Waals surface area contributed by atoms with Gasteiger partial charge in [0.2, 0.25) is 0 Å².